The number of aromatic nitrogens is 1. The molecule has 20 heavy (non-hydrogen) atoms. The molecule has 1 N–H and O–H groups in total. The fourth-order valence-corrected chi connectivity index (χ4v) is 3.91. The maximum Gasteiger partial charge on any atom is 0.0446 e. The molecule has 0 amide bonds. The summed E-state index contributed by atoms with van der Waals surface area (Å²) in [5.74, 6) is 1.25. The second-order valence-electron chi connectivity index (χ2n) is 5.96. The number of anilines is 1. The normalized spacial score (nSPS) is 23.1. The number of hydrogen-bond donors (Lipinski definition) is 1. The van der Waals surface area contributed by atoms with Crippen LogP contribution in [0.3, 0.4) is 0 Å². The van der Waals surface area contributed by atoms with Crippen molar-refractivity contribution in [1.82, 2.24) is 10.3 Å². The van der Waals surface area contributed by atoms with E-state index in [9.17, 15) is 0 Å². The Labute approximate surface area is 126 Å². The summed E-state index contributed by atoms with van der Waals surface area (Å²) in [6.45, 7) is 7.71. The van der Waals surface area contributed by atoms with Gasteiger partial charge < -0.3 is 10.2 Å². The predicted molar refractivity (Wildman–Crippen MR) is 87.6 cm³/mol. The highest BCUT2D eigenvalue weighted by molar-refractivity contribution is 8.00. The summed E-state index contributed by atoms with van der Waals surface area (Å²) >= 11 is 2.13. The van der Waals surface area contributed by atoms with E-state index in [2.05, 4.69) is 53.1 Å². The van der Waals surface area contributed by atoms with E-state index < -0.39 is 0 Å². The van der Waals surface area contributed by atoms with E-state index in [0.29, 0.717) is 0 Å². The van der Waals surface area contributed by atoms with Crippen molar-refractivity contribution < 1.29 is 0 Å². The molecule has 2 heterocycles. The SMILES string of the molecule is CCC1CN(c2cc(C)ncc2CNC2CC2)CCS1. The van der Waals surface area contributed by atoms with Crippen molar-refractivity contribution in [1.29, 1.82) is 0 Å². The maximum atomic E-state index is 4.50. The molecule has 1 unspecified atom stereocenters. The van der Waals surface area contributed by atoms with E-state index in [1.807, 2.05) is 0 Å². The van der Waals surface area contributed by atoms with Crippen molar-refractivity contribution in [3.05, 3.63) is 23.5 Å². The molecule has 0 spiro atoms. The van der Waals surface area contributed by atoms with Gasteiger partial charge >= 0.3 is 0 Å². The summed E-state index contributed by atoms with van der Waals surface area (Å²) in [6.07, 6.45) is 6.02. The molecule has 1 aliphatic heterocycles. The Morgan fingerprint density at radius 3 is 3.05 bits per heavy atom. The van der Waals surface area contributed by atoms with E-state index in [-0.39, 0.29) is 0 Å². The van der Waals surface area contributed by atoms with Gasteiger partial charge in [0, 0.05) is 59.8 Å². The molecule has 1 aliphatic carbocycles. The highest BCUT2D eigenvalue weighted by Crippen LogP contribution is 2.29. The zero-order valence-corrected chi connectivity index (χ0v) is 13.4. The van der Waals surface area contributed by atoms with E-state index in [1.165, 1.54) is 49.4 Å². The molecule has 0 radical (unpaired) electrons. The molecule has 1 saturated heterocycles. The molecule has 1 aromatic heterocycles. The van der Waals surface area contributed by atoms with Crippen LogP contribution in [0.5, 0.6) is 0 Å². The van der Waals surface area contributed by atoms with Crippen molar-refractivity contribution in [2.45, 2.75) is 50.9 Å². The Morgan fingerprint density at radius 2 is 2.30 bits per heavy atom. The van der Waals surface area contributed by atoms with E-state index in [1.54, 1.807) is 0 Å². The molecule has 0 aromatic carbocycles. The molecular weight excluding hydrogens is 266 g/mol. The molecule has 1 saturated carbocycles. The maximum absolute atomic E-state index is 4.50. The van der Waals surface area contributed by atoms with Gasteiger partial charge in [-0.3, -0.25) is 4.98 Å². The number of hydrogen-bond acceptors (Lipinski definition) is 4. The number of rotatable bonds is 5. The van der Waals surface area contributed by atoms with Gasteiger partial charge in [-0.25, -0.2) is 0 Å². The molecule has 1 atom stereocenters. The van der Waals surface area contributed by atoms with Crippen molar-refractivity contribution in [2.24, 2.45) is 0 Å². The third-order valence-corrected chi connectivity index (χ3v) is 5.56. The first-order valence-electron chi connectivity index (χ1n) is 7.81. The lowest BCUT2D eigenvalue weighted by Crippen LogP contribution is -2.38. The Balaban J connectivity index is 1.76. The Kier molecular flexibility index (Phi) is 4.51. The van der Waals surface area contributed by atoms with Crippen molar-refractivity contribution in [3.8, 4) is 0 Å². The van der Waals surface area contributed by atoms with Gasteiger partial charge in [0.25, 0.3) is 0 Å². The minimum atomic E-state index is 0.754. The van der Waals surface area contributed by atoms with Gasteiger partial charge in [0.15, 0.2) is 0 Å². The van der Waals surface area contributed by atoms with Gasteiger partial charge in [0.05, 0.1) is 0 Å². The van der Waals surface area contributed by atoms with Gasteiger partial charge in [-0.1, -0.05) is 6.92 Å². The molecule has 4 heteroatoms. The summed E-state index contributed by atoms with van der Waals surface area (Å²) in [4.78, 5) is 7.07. The average Bonchev–Trinajstić information content (AvgIpc) is 3.30. The molecule has 3 rings (SSSR count). The van der Waals surface area contributed by atoms with Crippen LogP contribution in [0.4, 0.5) is 5.69 Å². The summed E-state index contributed by atoms with van der Waals surface area (Å²) < 4.78 is 0. The third kappa shape index (κ3) is 3.47. The van der Waals surface area contributed by atoms with Crippen LogP contribution >= 0.6 is 11.8 Å². The molecule has 2 fully saturated rings. The van der Waals surface area contributed by atoms with E-state index in [4.69, 9.17) is 0 Å². The Hall–Kier alpha value is -0.740. The summed E-state index contributed by atoms with van der Waals surface area (Å²) in [5, 5.41) is 4.40. The molecular formula is C16H25N3S. The largest absolute Gasteiger partial charge is 0.369 e. The number of nitrogens with one attached hydrogen (secondary N) is 1. The van der Waals surface area contributed by atoms with Crippen LogP contribution in [0.2, 0.25) is 0 Å². The zero-order valence-electron chi connectivity index (χ0n) is 12.6. The summed E-state index contributed by atoms with van der Waals surface area (Å²) in [6, 6.07) is 3.02. The highest BCUT2D eigenvalue weighted by atomic mass is 32.2. The number of nitrogens with zero attached hydrogens (tertiary/aromatic N) is 2. The molecule has 0 bridgehead atoms. The average molecular weight is 291 g/mol. The van der Waals surface area contributed by atoms with Crippen LogP contribution in [-0.2, 0) is 6.54 Å². The fraction of sp³-hybridized carbons (Fsp3) is 0.688. The fourth-order valence-electron chi connectivity index (χ4n) is 2.73. The van der Waals surface area contributed by atoms with Crippen molar-refractivity contribution >= 4 is 17.4 Å². The minimum absolute atomic E-state index is 0.754. The Bertz CT molecular complexity index is 459. The van der Waals surface area contributed by atoms with E-state index in [0.717, 1.165) is 23.5 Å². The lowest BCUT2D eigenvalue weighted by molar-refractivity contribution is 0.675. The first-order chi connectivity index (χ1) is 9.76. The summed E-state index contributed by atoms with van der Waals surface area (Å²) in [5.41, 5.74) is 3.90. The number of aryl methyl sites for hydroxylation is 1. The van der Waals surface area contributed by atoms with Gasteiger partial charge in [-0.15, -0.1) is 0 Å². The van der Waals surface area contributed by atoms with Crippen LogP contribution < -0.4 is 10.2 Å². The van der Waals surface area contributed by atoms with Gasteiger partial charge in [-0.2, -0.15) is 11.8 Å². The molecule has 2 aliphatic rings. The van der Waals surface area contributed by atoms with E-state index >= 15 is 0 Å². The molecule has 110 valence electrons. The first-order valence-corrected chi connectivity index (χ1v) is 8.86. The minimum Gasteiger partial charge on any atom is -0.369 e. The third-order valence-electron chi connectivity index (χ3n) is 4.19. The smallest absolute Gasteiger partial charge is 0.0446 e. The van der Waals surface area contributed by atoms with Crippen LogP contribution in [0, 0.1) is 6.92 Å². The molecule has 1 aromatic rings. The zero-order chi connectivity index (χ0) is 13.9. The van der Waals surface area contributed by atoms with Crippen LogP contribution in [0.1, 0.15) is 37.4 Å². The second-order valence-corrected chi connectivity index (χ2v) is 7.36. The lowest BCUT2D eigenvalue weighted by Gasteiger charge is -2.35. The monoisotopic (exact) mass is 291 g/mol. The topological polar surface area (TPSA) is 28.2 Å². The summed E-state index contributed by atoms with van der Waals surface area (Å²) in [7, 11) is 0. The van der Waals surface area contributed by atoms with Crippen LogP contribution in [0.25, 0.3) is 0 Å². The van der Waals surface area contributed by atoms with Crippen molar-refractivity contribution in [2.75, 3.05) is 23.7 Å². The highest BCUT2D eigenvalue weighted by Gasteiger charge is 2.23. The second kappa shape index (κ2) is 6.35. The molecule has 3 nitrogen and oxygen atoms in total. The standard InChI is InChI=1S/C16H25N3S/c1-3-15-11-19(6-7-20-15)16-8-12(2)17-9-13(16)10-18-14-4-5-14/h8-9,14-15,18H,3-7,10-11H2,1-2H3. The first kappa shape index (κ1) is 14.2. The Morgan fingerprint density at radius 1 is 1.45 bits per heavy atom. The van der Waals surface area contributed by atoms with Crippen LogP contribution in [-0.4, -0.2) is 35.1 Å². The van der Waals surface area contributed by atoms with Gasteiger partial charge in [0.2, 0.25) is 0 Å². The van der Waals surface area contributed by atoms with Gasteiger partial charge in [-0.05, 0) is 32.3 Å². The van der Waals surface area contributed by atoms with Crippen LogP contribution in [0.15, 0.2) is 12.3 Å². The lowest BCUT2D eigenvalue weighted by atomic mass is 10.1. The van der Waals surface area contributed by atoms with Crippen molar-refractivity contribution in [3.63, 3.8) is 0 Å². The number of pyridine rings is 1. The quantitative estimate of drug-likeness (QED) is 0.903. The predicted octanol–water partition coefficient (Wildman–Crippen LogP) is 2.97. The number of thioether (sulfide) groups is 1. The van der Waals surface area contributed by atoms with Gasteiger partial charge in [0.1, 0.15) is 0 Å².